The van der Waals surface area contributed by atoms with Crippen molar-refractivity contribution in [1.29, 1.82) is 0 Å². The average Bonchev–Trinajstić information content (AvgIpc) is 2.75. The van der Waals surface area contributed by atoms with Gasteiger partial charge in [0.1, 0.15) is 6.10 Å². The molecule has 4 saturated carbocycles. The zero-order valence-corrected chi connectivity index (χ0v) is 21.6. The number of allylic oxidation sites excluding steroid dienone is 1. The van der Waals surface area contributed by atoms with E-state index in [-0.39, 0.29) is 27.4 Å². The van der Waals surface area contributed by atoms with Crippen LogP contribution in [0.2, 0.25) is 0 Å². The monoisotopic (exact) mass is 456 g/mol. The van der Waals surface area contributed by atoms with Crippen molar-refractivity contribution >= 4 is 11.8 Å². The van der Waals surface area contributed by atoms with Crippen LogP contribution in [-0.4, -0.2) is 28.1 Å². The first-order valence-corrected chi connectivity index (χ1v) is 13.4. The number of carbonyl (C=O) groups is 2. The lowest BCUT2D eigenvalue weighted by Gasteiger charge is -2.73. The second-order valence-corrected chi connectivity index (χ2v) is 14.0. The molecular formula is C29H44O4. The molecule has 0 spiro atoms. The van der Waals surface area contributed by atoms with E-state index in [1.54, 1.807) is 0 Å². The number of carboxylic acids is 1. The third kappa shape index (κ3) is 2.85. The van der Waals surface area contributed by atoms with Crippen LogP contribution in [-0.2, 0) is 9.59 Å². The highest BCUT2D eigenvalue weighted by Gasteiger charge is 2.69. The van der Waals surface area contributed by atoms with Crippen molar-refractivity contribution in [1.82, 2.24) is 0 Å². The summed E-state index contributed by atoms with van der Waals surface area (Å²) < 4.78 is 0. The molecule has 0 radical (unpaired) electrons. The molecule has 0 aromatic carbocycles. The number of carbonyl (C=O) groups excluding carboxylic acids is 1. The van der Waals surface area contributed by atoms with E-state index in [0.29, 0.717) is 24.2 Å². The standard InChI is InChI=1S/C29H44O4/c1-17-18-7-8-21-27(4,19(18)15-20(30)23(17)31)12-14-29(6)22-16-26(3,24(32)33)10-9-25(22,2)11-13-28(21,29)5/h19-22,30H,7-16H2,1-6H3,(H,32,33)/t19?,20-,21?,22?,25+,26+,27-,28+,29-/m0/s1. The number of aliphatic carboxylic acids is 1. The molecule has 4 fully saturated rings. The van der Waals surface area contributed by atoms with Gasteiger partial charge >= 0.3 is 5.97 Å². The number of carboxylic acid groups (broad SMARTS) is 1. The first-order valence-electron chi connectivity index (χ1n) is 13.4. The molecule has 4 nitrogen and oxygen atoms in total. The van der Waals surface area contributed by atoms with Gasteiger partial charge in [-0.15, -0.1) is 0 Å². The summed E-state index contributed by atoms with van der Waals surface area (Å²) in [5, 5.41) is 20.7. The molecule has 5 aliphatic carbocycles. The molecule has 0 aliphatic heterocycles. The molecule has 0 aromatic heterocycles. The van der Waals surface area contributed by atoms with Gasteiger partial charge < -0.3 is 10.2 Å². The normalized spacial score (nSPS) is 54.1. The van der Waals surface area contributed by atoms with Gasteiger partial charge in [0, 0.05) is 0 Å². The summed E-state index contributed by atoms with van der Waals surface area (Å²) in [6, 6.07) is 0. The maximum absolute atomic E-state index is 12.5. The molecule has 0 saturated heterocycles. The van der Waals surface area contributed by atoms with Gasteiger partial charge in [0.2, 0.25) is 0 Å². The van der Waals surface area contributed by atoms with E-state index >= 15 is 0 Å². The molecule has 33 heavy (non-hydrogen) atoms. The van der Waals surface area contributed by atoms with E-state index in [4.69, 9.17) is 0 Å². The van der Waals surface area contributed by atoms with Crippen LogP contribution >= 0.6 is 0 Å². The van der Waals surface area contributed by atoms with Crippen molar-refractivity contribution < 1.29 is 19.8 Å². The Labute approximate surface area is 199 Å². The molecule has 2 N–H and O–H groups in total. The fourth-order valence-corrected chi connectivity index (χ4v) is 10.3. The molecule has 0 aromatic rings. The quantitative estimate of drug-likeness (QED) is 0.495. The van der Waals surface area contributed by atoms with Crippen LogP contribution in [0.15, 0.2) is 11.1 Å². The maximum Gasteiger partial charge on any atom is 0.309 e. The smallest absolute Gasteiger partial charge is 0.309 e. The van der Waals surface area contributed by atoms with Gasteiger partial charge in [-0.3, -0.25) is 9.59 Å². The molecule has 0 amide bonds. The second kappa shape index (κ2) is 6.95. The lowest BCUT2D eigenvalue weighted by molar-refractivity contribution is -0.235. The van der Waals surface area contributed by atoms with Gasteiger partial charge in [-0.05, 0) is 123 Å². The van der Waals surface area contributed by atoms with Crippen LogP contribution in [0.4, 0.5) is 0 Å². The molecule has 9 atom stereocenters. The minimum atomic E-state index is -0.847. The third-order valence-corrected chi connectivity index (χ3v) is 12.8. The summed E-state index contributed by atoms with van der Waals surface area (Å²) in [5.74, 6) is 0.603. The van der Waals surface area contributed by atoms with Crippen LogP contribution in [0.3, 0.4) is 0 Å². The Morgan fingerprint density at radius 1 is 0.909 bits per heavy atom. The summed E-state index contributed by atoms with van der Waals surface area (Å²) in [7, 11) is 0. The Balaban J connectivity index is 1.56. The van der Waals surface area contributed by atoms with Gasteiger partial charge in [0.15, 0.2) is 5.78 Å². The highest BCUT2D eigenvalue weighted by Crippen LogP contribution is 2.77. The fraction of sp³-hybridized carbons (Fsp3) is 0.862. The number of Topliss-reactive ketones (excluding diaryl/α,β-unsaturated/α-hetero) is 1. The summed E-state index contributed by atoms with van der Waals surface area (Å²) in [4.78, 5) is 24.8. The van der Waals surface area contributed by atoms with E-state index in [0.717, 1.165) is 50.5 Å². The van der Waals surface area contributed by atoms with Crippen molar-refractivity contribution in [2.45, 2.75) is 112 Å². The summed E-state index contributed by atoms with van der Waals surface area (Å²) >= 11 is 0. The Morgan fingerprint density at radius 3 is 2.18 bits per heavy atom. The highest BCUT2D eigenvalue weighted by atomic mass is 16.4. The Hall–Kier alpha value is -1.16. The van der Waals surface area contributed by atoms with Gasteiger partial charge in [0.25, 0.3) is 0 Å². The molecular weight excluding hydrogens is 412 g/mol. The van der Waals surface area contributed by atoms with E-state index in [1.807, 2.05) is 13.8 Å². The number of fused-ring (bicyclic) bond motifs is 7. The number of rotatable bonds is 1. The van der Waals surface area contributed by atoms with Crippen molar-refractivity contribution in [2.75, 3.05) is 0 Å². The van der Waals surface area contributed by atoms with Crippen LogP contribution < -0.4 is 0 Å². The number of aliphatic hydroxyl groups is 1. The van der Waals surface area contributed by atoms with E-state index in [1.165, 1.54) is 18.4 Å². The first kappa shape index (κ1) is 23.6. The minimum Gasteiger partial charge on any atom is -0.481 e. The average molecular weight is 457 g/mol. The second-order valence-electron chi connectivity index (χ2n) is 14.0. The summed E-state index contributed by atoms with van der Waals surface area (Å²) in [6.45, 7) is 13.9. The summed E-state index contributed by atoms with van der Waals surface area (Å²) in [5.41, 5.74) is 2.17. The van der Waals surface area contributed by atoms with E-state index in [2.05, 4.69) is 27.7 Å². The summed E-state index contributed by atoms with van der Waals surface area (Å²) in [6.07, 6.45) is 9.11. The van der Waals surface area contributed by atoms with Crippen molar-refractivity contribution in [2.24, 2.45) is 44.8 Å². The Kier molecular flexibility index (Phi) is 4.97. The number of hydrogen-bond acceptors (Lipinski definition) is 3. The molecule has 3 unspecified atom stereocenters. The fourth-order valence-electron chi connectivity index (χ4n) is 10.3. The highest BCUT2D eigenvalue weighted by molar-refractivity contribution is 5.99. The number of hydrogen-bond donors (Lipinski definition) is 2. The van der Waals surface area contributed by atoms with Crippen LogP contribution in [0.5, 0.6) is 0 Å². The number of ketones is 1. The van der Waals surface area contributed by atoms with Gasteiger partial charge in [-0.25, -0.2) is 0 Å². The molecule has 184 valence electrons. The lowest BCUT2D eigenvalue weighted by Crippen LogP contribution is -2.66. The van der Waals surface area contributed by atoms with Crippen molar-refractivity contribution in [3.05, 3.63) is 11.1 Å². The van der Waals surface area contributed by atoms with Crippen LogP contribution in [0.1, 0.15) is 106 Å². The van der Waals surface area contributed by atoms with Crippen molar-refractivity contribution in [3.63, 3.8) is 0 Å². The third-order valence-electron chi connectivity index (χ3n) is 12.8. The van der Waals surface area contributed by atoms with Crippen LogP contribution in [0.25, 0.3) is 0 Å². The van der Waals surface area contributed by atoms with E-state index < -0.39 is 17.5 Å². The van der Waals surface area contributed by atoms with Crippen LogP contribution in [0, 0.1) is 44.8 Å². The molecule has 0 bridgehead atoms. The van der Waals surface area contributed by atoms with Gasteiger partial charge in [-0.1, -0.05) is 33.3 Å². The zero-order valence-electron chi connectivity index (χ0n) is 21.6. The van der Waals surface area contributed by atoms with Crippen molar-refractivity contribution in [3.8, 4) is 0 Å². The molecule has 4 heteroatoms. The largest absolute Gasteiger partial charge is 0.481 e. The zero-order chi connectivity index (χ0) is 24.2. The van der Waals surface area contributed by atoms with Gasteiger partial charge in [-0.2, -0.15) is 0 Å². The molecule has 5 rings (SSSR count). The molecule has 5 aliphatic rings. The van der Waals surface area contributed by atoms with E-state index in [9.17, 15) is 19.8 Å². The minimum absolute atomic E-state index is 0.0567. The predicted molar refractivity (Wildman–Crippen MR) is 129 cm³/mol. The maximum atomic E-state index is 12.5. The van der Waals surface area contributed by atoms with Gasteiger partial charge in [0.05, 0.1) is 5.41 Å². The lowest BCUT2D eigenvalue weighted by atomic mass is 9.31. The predicted octanol–water partition coefficient (Wildman–Crippen LogP) is 6.17. The Bertz CT molecular complexity index is 936. The Morgan fingerprint density at radius 2 is 1.52 bits per heavy atom. The number of aliphatic hydroxyl groups excluding tert-OH is 1. The SMILES string of the molecule is CC1=C2CCC3[C@@](C)(CC[C@@]4(C)C5C[C@](C)(C(=O)O)CC[C@]5(C)CC[C@]34C)C2C[C@H](O)C1=O. The first-order chi connectivity index (χ1) is 15.2. The molecule has 0 heterocycles. The topological polar surface area (TPSA) is 74.6 Å².